The molecule has 9 heteroatoms. The van der Waals surface area contributed by atoms with E-state index in [2.05, 4.69) is 10.3 Å². The molecule has 0 unspecified atom stereocenters. The van der Waals surface area contributed by atoms with Crippen molar-refractivity contribution in [3.63, 3.8) is 0 Å². The summed E-state index contributed by atoms with van der Waals surface area (Å²) in [5, 5.41) is 2.54. The molecular formula is C22H20F2N4O3. The maximum atomic E-state index is 13.5. The van der Waals surface area contributed by atoms with Crippen molar-refractivity contribution in [2.45, 2.75) is 31.4 Å². The van der Waals surface area contributed by atoms with E-state index in [1.54, 1.807) is 9.47 Å². The number of aromatic nitrogens is 2. The van der Waals surface area contributed by atoms with Gasteiger partial charge in [-0.2, -0.15) is 0 Å². The number of amides is 2. The Labute approximate surface area is 176 Å². The van der Waals surface area contributed by atoms with Crippen molar-refractivity contribution in [3.05, 3.63) is 54.1 Å². The lowest BCUT2D eigenvalue weighted by Gasteiger charge is -2.19. The van der Waals surface area contributed by atoms with Crippen molar-refractivity contribution in [1.29, 1.82) is 0 Å². The number of nitrogens with one attached hydrogen (secondary N) is 1. The Morgan fingerprint density at radius 2 is 2.03 bits per heavy atom. The second-order valence-electron chi connectivity index (χ2n) is 7.75. The average Bonchev–Trinajstić information content (AvgIpc) is 3.45. The third-order valence-corrected chi connectivity index (χ3v) is 5.67. The molecule has 1 fully saturated rings. The van der Waals surface area contributed by atoms with Gasteiger partial charge in [-0.05, 0) is 37.1 Å². The zero-order valence-corrected chi connectivity index (χ0v) is 16.6. The molecular weight excluding hydrogens is 406 g/mol. The molecule has 31 heavy (non-hydrogen) atoms. The number of para-hydroxylation sites is 2. The van der Waals surface area contributed by atoms with Crippen molar-refractivity contribution in [2.24, 2.45) is 0 Å². The van der Waals surface area contributed by atoms with Gasteiger partial charge in [0.05, 0.1) is 30.1 Å². The summed E-state index contributed by atoms with van der Waals surface area (Å²) in [6.45, 7) is 1.05. The summed E-state index contributed by atoms with van der Waals surface area (Å²) < 4.78 is 34.1. The Morgan fingerprint density at radius 1 is 1.19 bits per heavy atom. The number of carbonyl (C=O) groups is 2. The Bertz CT molecular complexity index is 1170. The second kappa shape index (κ2) is 7.73. The van der Waals surface area contributed by atoms with Crippen LogP contribution in [0.3, 0.4) is 0 Å². The van der Waals surface area contributed by atoms with Crippen LogP contribution in [0, 0.1) is 11.6 Å². The molecule has 1 N–H and O–H groups in total. The van der Waals surface area contributed by atoms with E-state index in [0.717, 1.165) is 36.0 Å². The predicted octanol–water partition coefficient (Wildman–Crippen LogP) is 3.41. The van der Waals surface area contributed by atoms with Crippen LogP contribution in [0.2, 0.25) is 0 Å². The summed E-state index contributed by atoms with van der Waals surface area (Å²) in [7, 11) is 0. The fraction of sp³-hybridized carbons (Fsp3) is 0.318. The van der Waals surface area contributed by atoms with Crippen LogP contribution in [-0.2, 0) is 14.3 Å². The maximum Gasteiger partial charge on any atom is 0.253 e. The first-order valence-corrected chi connectivity index (χ1v) is 10.2. The van der Waals surface area contributed by atoms with Gasteiger partial charge in [-0.1, -0.05) is 12.1 Å². The third-order valence-electron chi connectivity index (χ3n) is 5.67. The Balaban J connectivity index is 1.43. The van der Waals surface area contributed by atoms with E-state index in [-0.39, 0.29) is 24.1 Å². The van der Waals surface area contributed by atoms with Gasteiger partial charge in [0.25, 0.3) is 5.91 Å². The smallest absolute Gasteiger partial charge is 0.253 e. The first kappa shape index (κ1) is 19.6. The van der Waals surface area contributed by atoms with E-state index in [4.69, 9.17) is 4.74 Å². The molecule has 3 aromatic rings. The van der Waals surface area contributed by atoms with Gasteiger partial charge in [-0.25, -0.2) is 13.8 Å². The zero-order chi connectivity index (χ0) is 21.5. The third kappa shape index (κ3) is 3.54. The standard InChI is InChI=1S/C22H20F2N4O3/c23-15-8-7-13(10-16(15)24)25-20(29)11-19-21(30)27(12-14-4-3-9-31-14)22-26-17-5-1-2-6-18(17)28(19)22/h1-2,5-8,10,14,19H,3-4,9,11-12H2,(H,25,29)/t14-,19-/m1/s1. The van der Waals surface area contributed by atoms with Gasteiger partial charge in [-0.3, -0.25) is 19.1 Å². The first-order valence-electron chi connectivity index (χ1n) is 10.2. The van der Waals surface area contributed by atoms with Gasteiger partial charge in [-0.15, -0.1) is 0 Å². The van der Waals surface area contributed by atoms with Crippen molar-refractivity contribution in [2.75, 3.05) is 23.4 Å². The number of carbonyl (C=O) groups excluding carboxylic acids is 2. The fourth-order valence-corrected chi connectivity index (χ4v) is 4.22. The monoisotopic (exact) mass is 426 g/mol. The highest BCUT2D eigenvalue weighted by Gasteiger charge is 2.42. The van der Waals surface area contributed by atoms with Gasteiger partial charge < -0.3 is 10.1 Å². The van der Waals surface area contributed by atoms with Crippen molar-refractivity contribution < 1.29 is 23.1 Å². The SMILES string of the molecule is O=C(C[C@@H]1C(=O)N(C[C@H]2CCCO2)c2nc3ccccc3n21)Nc1ccc(F)c(F)c1. The lowest BCUT2D eigenvalue weighted by Crippen LogP contribution is -2.37. The van der Waals surface area contributed by atoms with E-state index in [0.29, 0.717) is 19.1 Å². The van der Waals surface area contributed by atoms with Gasteiger partial charge in [0, 0.05) is 18.4 Å². The van der Waals surface area contributed by atoms with Gasteiger partial charge in [0.15, 0.2) is 11.6 Å². The van der Waals surface area contributed by atoms with E-state index >= 15 is 0 Å². The largest absolute Gasteiger partial charge is 0.376 e. The number of halogens is 2. The van der Waals surface area contributed by atoms with Crippen molar-refractivity contribution in [1.82, 2.24) is 9.55 Å². The molecule has 7 nitrogen and oxygen atoms in total. The highest BCUT2D eigenvalue weighted by atomic mass is 19.2. The van der Waals surface area contributed by atoms with Crippen molar-refractivity contribution >= 4 is 34.5 Å². The highest BCUT2D eigenvalue weighted by molar-refractivity contribution is 6.05. The maximum absolute atomic E-state index is 13.5. The topological polar surface area (TPSA) is 76.5 Å². The molecule has 1 aromatic heterocycles. The van der Waals surface area contributed by atoms with Crippen molar-refractivity contribution in [3.8, 4) is 0 Å². The summed E-state index contributed by atoms with van der Waals surface area (Å²) in [5.74, 6) is -2.27. The number of ether oxygens (including phenoxy) is 1. The Hall–Kier alpha value is -3.33. The minimum atomic E-state index is -1.06. The lowest BCUT2D eigenvalue weighted by molar-refractivity contribution is -0.124. The number of hydrogen-bond donors (Lipinski definition) is 1. The van der Waals surface area contributed by atoms with Crippen LogP contribution in [0.1, 0.15) is 25.3 Å². The minimum absolute atomic E-state index is 0.0630. The van der Waals surface area contributed by atoms with E-state index in [1.807, 2.05) is 24.3 Å². The number of rotatable bonds is 5. The molecule has 2 aliphatic rings. The summed E-state index contributed by atoms with van der Waals surface area (Å²) in [5.41, 5.74) is 1.61. The highest BCUT2D eigenvalue weighted by Crippen LogP contribution is 2.37. The number of nitrogens with zero attached hydrogens (tertiary/aromatic N) is 3. The van der Waals surface area contributed by atoms with E-state index in [1.165, 1.54) is 6.07 Å². The van der Waals surface area contributed by atoms with Crippen LogP contribution in [-0.4, -0.2) is 40.6 Å². The molecule has 2 atom stereocenters. The molecule has 2 amide bonds. The molecule has 0 saturated carbocycles. The number of imidazole rings is 1. The molecule has 0 spiro atoms. The summed E-state index contributed by atoms with van der Waals surface area (Å²) in [4.78, 5) is 32.1. The molecule has 5 rings (SSSR count). The molecule has 0 radical (unpaired) electrons. The van der Waals surface area contributed by atoms with Gasteiger partial charge in [0.2, 0.25) is 11.9 Å². The number of anilines is 2. The molecule has 2 aromatic carbocycles. The van der Waals surface area contributed by atoms with Crippen LogP contribution in [0.4, 0.5) is 20.4 Å². The molecule has 1 saturated heterocycles. The van der Waals surface area contributed by atoms with E-state index in [9.17, 15) is 18.4 Å². The lowest BCUT2D eigenvalue weighted by atomic mass is 10.1. The first-order chi connectivity index (χ1) is 15.0. The van der Waals surface area contributed by atoms with E-state index < -0.39 is 23.6 Å². The molecule has 0 bridgehead atoms. The number of fused-ring (bicyclic) bond motifs is 3. The van der Waals surface area contributed by atoms with Crippen LogP contribution >= 0.6 is 0 Å². The quantitative estimate of drug-likeness (QED) is 0.679. The molecule has 2 aliphatic heterocycles. The number of benzene rings is 2. The van der Waals surface area contributed by atoms with Crippen LogP contribution in [0.15, 0.2) is 42.5 Å². The molecule has 0 aliphatic carbocycles. The van der Waals surface area contributed by atoms with Gasteiger partial charge in [0.1, 0.15) is 6.04 Å². The second-order valence-corrected chi connectivity index (χ2v) is 7.75. The number of hydrogen-bond acceptors (Lipinski definition) is 4. The fourth-order valence-electron chi connectivity index (χ4n) is 4.22. The molecule has 3 heterocycles. The average molecular weight is 426 g/mol. The van der Waals surface area contributed by atoms with Crippen LogP contribution in [0.5, 0.6) is 0 Å². The summed E-state index contributed by atoms with van der Waals surface area (Å²) in [6.07, 6.45) is 1.59. The minimum Gasteiger partial charge on any atom is -0.376 e. The Morgan fingerprint density at radius 3 is 2.81 bits per heavy atom. The summed E-state index contributed by atoms with van der Waals surface area (Å²) in [6, 6.07) is 9.76. The molecule has 160 valence electrons. The Kier molecular flexibility index (Phi) is 4.90. The summed E-state index contributed by atoms with van der Waals surface area (Å²) >= 11 is 0. The normalized spacial score (nSPS) is 20.5. The van der Waals surface area contributed by atoms with Crippen LogP contribution in [0.25, 0.3) is 11.0 Å². The van der Waals surface area contributed by atoms with Crippen LogP contribution < -0.4 is 10.2 Å². The predicted molar refractivity (Wildman–Crippen MR) is 110 cm³/mol. The van der Waals surface area contributed by atoms with Gasteiger partial charge >= 0.3 is 0 Å². The zero-order valence-electron chi connectivity index (χ0n) is 16.6.